The number of benzene rings is 6. The van der Waals surface area contributed by atoms with E-state index in [1.165, 1.54) is 5.56 Å². The number of para-hydroxylation sites is 1. The zero-order valence-corrected chi connectivity index (χ0v) is 23.3. The van der Waals surface area contributed by atoms with Gasteiger partial charge in [-0.3, -0.25) is 0 Å². The third-order valence-corrected chi connectivity index (χ3v) is 7.92. The molecule has 43 heavy (non-hydrogen) atoms. The summed E-state index contributed by atoms with van der Waals surface area (Å²) in [5, 5.41) is 2.23. The van der Waals surface area contributed by atoms with Gasteiger partial charge in [-0.1, -0.05) is 127 Å². The average molecular weight is 551 g/mol. The third kappa shape index (κ3) is 4.67. The molecule has 2 heterocycles. The van der Waals surface area contributed by atoms with Crippen LogP contribution in [0.25, 0.3) is 78.1 Å². The number of nitrogens with zero attached hydrogens (tertiary/aromatic N) is 2. The lowest BCUT2D eigenvalue weighted by Crippen LogP contribution is -1.96. The molecule has 0 aliphatic heterocycles. The topological polar surface area (TPSA) is 38.9 Å². The van der Waals surface area contributed by atoms with Crippen molar-refractivity contribution in [3.63, 3.8) is 0 Å². The van der Waals surface area contributed by atoms with E-state index in [1.54, 1.807) is 0 Å². The number of hydrogen-bond donors (Lipinski definition) is 0. The van der Waals surface area contributed by atoms with Gasteiger partial charge in [0.1, 0.15) is 11.2 Å². The molecule has 0 bridgehead atoms. The van der Waals surface area contributed by atoms with E-state index in [1.807, 2.05) is 48.5 Å². The van der Waals surface area contributed by atoms with Crippen LogP contribution in [0.3, 0.4) is 0 Å². The van der Waals surface area contributed by atoms with Crippen LogP contribution in [-0.2, 0) is 0 Å². The van der Waals surface area contributed by atoms with E-state index in [2.05, 4.69) is 109 Å². The maximum Gasteiger partial charge on any atom is 0.160 e. The highest BCUT2D eigenvalue weighted by Gasteiger charge is 2.15. The van der Waals surface area contributed by atoms with Crippen LogP contribution in [0.4, 0.5) is 0 Å². The summed E-state index contributed by atoms with van der Waals surface area (Å²) < 4.78 is 6.14. The van der Waals surface area contributed by atoms with Gasteiger partial charge in [-0.15, -0.1) is 0 Å². The maximum atomic E-state index is 6.14. The van der Waals surface area contributed by atoms with Gasteiger partial charge in [0.2, 0.25) is 0 Å². The van der Waals surface area contributed by atoms with Crippen molar-refractivity contribution in [1.82, 2.24) is 9.97 Å². The lowest BCUT2D eigenvalue weighted by molar-refractivity contribution is 0.669. The van der Waals surface area contributed by atoms with Crippen LogP contribution in [0.15, 0.2) is 162 Å². The van der Waals surface area contributed by atoms with Crippen molar-refractivity contribution in [3.05, 3.63) is 158 Å². The summed E-state index contributed by atoms with van der Waals surface area (Å²) in [7, 11) is 0. The van der Waals surface area contributed by atoms with Crippen molar-refractivity contribution in [1.29, 1.82) is 0 Å². The van der Waals surface area contributed by atoms with Gasteiger partial charge in [-0.25, -0.2) is 9.97 Å². The Morgan fingerprint density at radius 3 is 1.67 bits per heavy atom. The van der Waals surface area contributed by atoms with Gasteiger partial charge in [0.25, 0.3) is 0 Å². The molecule has 0 aliphatic rings. The number of aromatic nitrogens is 2. The normalized spacial score (nSPS) is 11.3. The highest BCUT2D eigenvalue weighted by atomic mass is 16.3. The van der Waals surface area contributed by atoms with Crippen LogP contribution in [-0.4, -0.2) is 9.97 Å². The fourth-order valence-corrected chi connectivity index (χ4v) is 5.77. The first-order chi connectivity index (χ1) is 21.3. The highest BCUT2D eigenvalue weighted by Crippen LogP contribution is 2.39. The van der Waals surface area contributed by atoms with Gasteiger partial charge in [0, 0.05) is 27.5 Å². The van der Waals surface area contributed by atoms with Crippen LogP contribution in [0.1, 0.15) is 0 Å². The Hall–Kier alpha value is -5.80. The van der Waals surface area contributed by atoms with E-state index in [4.69, 9.17) is 14.4 Å². The van der Waals surface area contributed by atoms with Crippen molar-refractivity contribution < 1.29 is 4.42 Å². The maximum absolute atomic E-state index is 6.14. The van der Waals surface area contributed by atoms with Crippen LogP contribution in [0.2, 0.25) is 0 Å². The van der Waals surface area contributed by atoms with Gasteiger partial charge < -0.3 is 4.42 Å². The Kier molecular flexibility index (Phi) is 6.12. The van der Waals surface area contributed by atoms with E-state index in [0.717, 1.165) is 66.7 Å². The lowest BCUT2D eigenvalue weighted by atomic mass is 9.91. The van der Waals surface area contributed by atoms with Gasteiger partial charge in [0.05, 0.1) is 11.4 Å². The predicted octanol–water partition coefficient (Wildman–Crippen LogP) is 10.7. The minimum Gasteiger partial charge on any atom is -0.456 e. The highest BCUT2D eigenvalue weighted by molar-refractivity contribution is 6.06. The molecule has 0 saturated carbocycles. The predicted molar refractivity (Wildman–Crippen MR) is 176 cm³/mol. The van der Waals surface area contributed by atoms with E-state index < -0.39 is 0 Å². The minimum absolute atomic E-state index is 0.705. The molecule has 3 heteroatoms. The molecule has 0 N–H and O–H groups in total. The molecule has 0 unspecified atom stereocenters. The van der Waals surface area contributed by atoms with E-state index in [-0.39, 0.29) is 0 Å². The first-order valence-corrected chi connectivity index (χ1v) is 14.4. The Balaban J connectivity index is 1.35. The second-order valence-corrected chi connectivity index (χ2v) is 10.6. The molecule has 202 valence electrons. The fourth-order valence-electron chi connectivity index (χ4n) is 5.77. The lowest BCUT2D eigenvalue weighted by Gasteiger charge is -2.14. The zero-order valence-electron chi connectivity index (χ0n) is 23.3. The first-order valence-electron chi connectivity index (χ1n) is 14.4. The molecular weight excluding hydrogens is 524 g/mol. The van der Waals surface area contributed by atoms with E-state index >= 15 is 0 Å². The van der Waals surface area contributed by atoms with Crippen molar-refractivity contribution in [3.8, 4) is 56.2 Å². The van der Waals surface area contributed by atoms with Crippen LogP contribution >= 0.6 is 0 Å². The smallest absolute Gasteiger partial charge is 0.160 e. The number of fused-ring (bicyclic) bond motifs is 3. The summed E-state index contributed by atoms with van der Waals surface area (Å²) >= 11 is 0. The molecule has 0 aliphatic carbocycles. The van der Waals surface area contributed by atoms with Gasteiger partial charge in [-0.2, -0.15) is 0 Å². The zero-order chi connectivity index (χ0) is 28.6. The van der Waals surface area contributed by atoms with Crippen LogP contribution in [0, 0.1) is 0 Å². The molecular formula is C40H26N2O. The molecule has 0 radical (unpaired) electrons. The molecule has 2 aromatic heterocycles. The summed E-state index contributed by atoms with van der Waals surface area (Å²) in [6.07, 6.45) is 0. The Morgan fingerprint density at radius 2 is 0.930 bits per heavy atom. The van der Waals surface area contributed by atoms with Crippen molar-refractivity contribution in [2.24, 2.45) is 0 Å². The number of furan rings is 1. The molecule has 0 spiro atoms. The van der Waals surface area contributed by atoms with Crippen molar-refractivity contribution >= 4 is 21.9 Å². The fraction of sp³-hybridized carbons (Fsp3) is 0. The number of hydrogen-bond acceptors (Lipinski definition) is 3. The Bertz CT molecular complexity index is 2160. The largest absolute Gasteiger partial charge is 0.456 e. The van der Waals surface area contributed by atoms with Crippen molar-refractivity contribution in [2.75, 3.05) is 0 Å². The third-order valence-electron chi connectivity index (χ3n) is 7.92. The minimum atomic E-state index is 0.705. The summed E-state index contributed by atoms with van der Waals surface area (Å²) in [5.41, 5.74) is 11.2. The molecule has 8 aromatic rings. The molecule has 0 fully saturated rings. The van der Waals surface area contributed by atoms with Crippen molar-refractivity contribution in [2.45, 2.75) is 0 Å². The SMILES string of the molecule is c1ccc(-c2cc(-c3ccc(-c4ccccc4)c(-c4ccc5oc6ccccc6c5c4)c3)nc(-c3ccccc3)n2)cc1. The average Bonchev–Trinajstić information content (AvgIpc) is 3.47. The Morgan fingerprint density at radius 1 is 0.349 bits per heavy atom. The molecule has 8 rings (SSSR count). The second kappa shape index (κ2) is 10.6. The quantitative estimate of drug-likeness (QED) is 0.214. The van der Waals surface area contributed by atoms with E-state index in [0.29, 0.717) is 5.82 Å². The molecule has 3 nitrogen and oxygen atoms in total. The summed E-state index contributed by atoms with van der Waals surface area (Å²) in [6.45, 7) is 0. The second-order valence-electron chi connectivity index (χ2n) is 10.6. The monoisotopic (exact) mass is 550 g/mol. The molecule has 6 aromatic carbocycles. The van der Waals surface area contributed by atoms with Gasteiger partial charge in [0.15, 0.2) is 5.82 Å². The standard InChI is InChI=1S/C40H26N2O/c1-4-12-27(13-5-1)32-22-20-31(25-34(32)30-21-23-39-35(24-30)33-18-10-11-19-38(33)43-39)37-26-36(28-14-6-2-7-15-28)41-40(42-37)29-16-8-3-9-17-29/h1-26H. The summed E-state index contributed by atoms with van der Waals surface area (Å²) in [4.78, 5) is 10.1. The van der Waals surface area contributed by atoms with Crippen LogP contribution < -0.4 is 0 Å². The molecule has 0 atom stereocenters. The molecule has 0 amide bonds. The first kappa shape index (κ1) is 25.0. The number of rotatable bonds is 5. The molecule has 0 saturated heterocycles. The van der Waals surface area contributed by atoms with Crippen LogP contribution in [0.5, 0.6) is 0 Å². The van der Waals surface area contributed by atoms with Gasteiger partial charge in [-0.05, 0) is 52.6 Å². The Labute approximate surface area is 249 Å². The summed E-state index contributed by atoms with van der Waals surface area (Å²) in [5.74, 6) is 0.705. The summed E-state index contributed by atoms with van der Waals surface area (Å²) in [6, 6.07) is 54.5. The van der Waals surface area contributed by atoms with Gasteiger partial charge >= 0.3 is 0 Å². The van der Waals surface area contributed by atoms with E-state index in [9.17, 15) is 0 Å².